The highest BCUT2D eigenvalue weighted by Crippen LogP contribution is 2.25. The normalized spacial score (nSPS) is 21.5. The Kier molecular flexibility index (Phi) is 4.57. The number of aliphatic hydroxyl groups excluding tert-OH is 1. The highest BCUT2D eigenvalue weighted by atomic mass is 16.3. The molecule has 0 spiro atoms. The van der Waals surface area contributed by atoms with Gasteiger partial charge in [-0.3, -0.25) is 9.59 Å². The van der Waals surface area contributed by atoms with Crippen LogP contribution in [0.15, 0.2) is 22.8 Å². The lowest BCUT2D eigenvalue weighted by atomic mass is 9.82. The second-order valence-electron chi connectivity index (χ2n) is 4.78. The van der Waals surface area contributed by atoms with E-state index in [2.05, 4.69) is 10.6 Å². The third-order valence-electron chi connectivity index (χ3n) is 3.18. The van der Waals surface area contributed by atoms with Crippen LogP contribution in [0.1, 0.15) is 29.8 Å². The minimum absolute atomic E-state index is 0.0962. The van der Waals surface area contributed by atoms with E-state index in [0.717, 1.165) is 12.8 Å². The molecule has 1 aromatic heterocycles. The maximum absolute atomic E-state index is 11.5. The highest BCUT2D eigenvalue weighted by Gasteiger charge is 2.26. The molecule has 104 valence electrons. The van der Waals surface area contributed by atoms with Crippen molar-refractivity contribution in [1.82, 2.24) is 10.6 Å². The number of aliphatic hydroxyl groups is 1. The van der Waals surface area contributed by atoms with Crippen molar-refractivity contribution in [1.29, 1.82) is 0 Å². The molecule has 0 saturated heterocycles. The molecule has 0 bridgehead atoms. The second kappa shape index (κ2) is 6.38. The third-order valence-corrected chi connectivity index (χ3v) is 3.18. The number of rotatable bonds is 6. The van der Waals surface area contributed by atoms with E-state index in [0.29, 0.717) is 12.5 Å². The van der Waals surface area contributed by atoms with E-state index in [1.165, 1.54) is 6.26 Å². The largest absolute Gasteiger partial charge is 0.459 e. The molecule has 6 nitrogen and oxygen atoms in total. The quantitative estimate of drug-likeness (QED) is 0.690. The van der Waals surface area contributed by atoms with Crippen molar-refractivity contribution in [2.75, 3.05) is 13.1 Å². The van der Waals surface area contributed by atoms with Gasteiger partial charge in [-0.15, -0.1) is 0 Å². The van der Waals surface area contributed by atoms with Crippen LogP contribution in [0.25, 0.3) is 0 Å². The minimum Gasteiger partial charge on any atom is -0.459 e. The summed E-state index contributed by atoms with van der Waals surface area (Å²) in [6.45, 7) is 0.876. The molecule has 0 radical (unpaired) electrons. The van der Waals surface area contributed by atoms with Gasteiger partial charge in [-0.05, 0) is 30.9 Å². The fourth-order valence-corrected chi connectivity index (χ4v) is 2.00. The Bertz CT molecular complexity index is 424. The SMILES string of the molecule is O=C(CCNC(=O)c1ccco1)NCC1CC(O)C1. The number of carbonyl (C=O) groups excluding carboxylic acids is 2. The van der Waals surface area contributed by atoms with Gasteiger partial charge in [0.05, 0.1) is 12.4 Å². The molecule has 19 heavy (non-hydrogen) atoms. The van der Waals surface area contributed by atoms with Gasteiger partial charge in [0.15, 0.2) is 5.76 Å². The van der Waals surface area contributed by atoms with Gasteiger partial charge in [0, 0.05) is 19.5 Å². The van der Waals surface area contributed by atoms with Gasteiger partial charge in [0.2, 0.25) is 5.91 Å². The first-order chi connectivity index (χ1) is 9.15. The fourth-order valence-electron chi connectivity index (χ4n) is 2.00. The van der Waals surface area contributed by atoms with Gasteiger partial charge < -0.3 is 20.2 Å². The summed E-state index contributed by atoms with van der Waals surface area (Å²) in [6, 6.07) is 3.20. The molecule has 2 amide bonds. The number of furan rings is 1. The predicted octanol–water partition coefficient (Wildman–Crippen LogP) is 0.287. The van der Waals surface area contributed by atoms with E-state index in [1.807, 2.05) is 0 Å². The van der Waals surface area contributed by atoms with Gasteiger partial charge in [-0.1, -0.05) is 0 Å². The number of amides is 2. The molecule has 0 atom stereocenters. The number of hydrogen-bond donors (Lipinski definition) is 3. The first-order valence-electron chi connectivity index (χ1n) is 6.41. The van der Waals surface area contributed by atoms with E-state index in [9.17, 15) is 9.59 Å². The molecule has 3 N–H and O–H groups in total. The summed E-state index contributed by atoms with van der Waals surface area (Å²) in [7, 11) is 0. The molecule has 2 rings (SSSR count). The Morgan fingerprint density at radius 3 is 2.79 bits per heavy atom. The molecule has 1 aliphatic rings. The summed E-state index contributed by atoms with van der Waals surface area (Å²) >= 11 is 0. The standard InChI is InChI=1S/C13H18N2O4/c16-10-6-9(7-10)8-15-12(17)3-4-14-13(18)11-2-1-5-19-11/h1-2,5,9-10,16H,3-4,6-8H2,(H,14,18)(H,15,17). The maximum atomic E-state index is 11.5. The fraction of sp³-hybridized carbons (Fsp3) is 0.538. The van der Waals surface area contributed by atoms with Crippen LogP contribution in [0.2, 0.25) is 0 Å². The number of hydrogen-bond acceptors (Lipinski definition) is 4. The van der Waals surface area contributed by atoms with Crippen LogP contribution in [-0.4, -0.2) is 36.1 Å². The van der Waals surface area contributed by atoms with Crippen LogP contribution in [0.4, 0.5) is 0 Å². The molecule has 6 heteroatoms. The summed E-state index contributed by atoms with van der Waals surface area (Å²) in [4.78, 5) is 23.0. The zero-order valence-corrected chi connectivity index (χ0v) is 10.6. The van der Waals surface area contributed by atoms with Gasteiger partial charge in [-0.2, -0.15) is 0 Å². The van der Waals surface area contributed by atoms with Crippen molar-refractivity contribution in [3.63, 3.8) is 0 Å². The van der Waals surface area contributed by atoms with Crippen LogP contribution >= 0.6 is 0 Å². The summed E-state index contributed by atoms with van der Waals surface area (Å²) in [5.74, 6) is 0.210. The Morgan fingerprint density at radius 2 is 2.16 bits per heavy atom. The Balaban J connectivity index is 1.55. The van der Waals surface area contributed by atoms with Crippen molar-refractivity contribution < 1.29 is 19.1 Å². The third kappa shape index (κ3) is 4.10. The zero-order chi connectivity index (χ0) is 13.7. The topological polar surface area (TPSA) is 91.6 Å². The van der Waals surface area contributed by atoms with E-state index < -0.39 is 0 Å². The Labute approximate surface area is 111 Å². The lowest BCUT2D eigenvalue weighted by Crippen LogP contribution is -2.39. The number of carbonyl (C=O) groups is 2. The molecule has 1 aromatic rings. The summed E-state index contributed by atoms with van der Waals surface area (Å²) in [6.07, 6.45) is 2.98. The van der Waals surface area contributed by atoms with Crippen LogP contribution in [0.3, 0.4) is 0 Å². The van der Waals surface area contributed by atoms with Gasteiger partial charge in [0.1, 0.15) is 0 Å². The van der Waals surface area contributed by atoms with Crippen molar-refractivity contribution in [3.8, 4) is 0 Å². The minimum atomic E-state index is -0.320. The van der Waals surface area contributed by atoms with E-state index in [1.54, 1.807) is 12.1 Å². The molecule has 1 fully saturated rings. The average molecular weight is 266 g/mol. The van der Waals surface area contributed by atoms with Crippen LogP contribution < -0.4 is 10.6 Å². The van der Waals surface area contributed by atoms with Crippen LogP contribution in [0.5, 0.6) is 0 Å². The molecule has 0 unspecified atom stereocenters. The van der Waals surface area contributed by atoms with Crippen LogP contribution in [0, 0.1) is 5.92 Å². The molecule has 1 heterocycles. The summed E-state index contributed by atoms with van der Waals surface area (Å²) in [5.41, 5.74) is 0. The number of nitrogens with one attached hydrogen (secondary N) is 2. The van der Waals surface area contributed by atoms with E-state index >= 15 is 0 Å². The molecular formula is C13H18N2O4. The van der Waals surface area contributed by atoms with E-state index in [4.69, 9.17) is 9.52 Å². The first-order valence-corrected chi connectivity index (χ1v) is 6.41. The Hall–Kier alpha value is -1.82. The van der Waals surface area contributed by atoms with E-state index in [-0.39, 0.29) is 36.6 Å². The second-order valence-corrected chi connectivity index (χ2v) is 4.78. The summed E-state index contributed by atoms with van der Waals surface area (Å²) in [5, 5.41) is 14.5. The highest BCUT2D eigenvalue weighted by molar-refractivity contribution is 5.91. The Morgan fingerprint density at radius 1 is 1.37 bits per heavy atom. The lowest BCUT2D eigenvalue weighted by Gasteiger charge is -2.31. The molecule has 0 aliphatic heterocycles. The molecule has 1 saturated carbocycles. The molecule has 1 aliphatic carbocycles. The zero-order valence-electron chi connectivity index (χ0n) is 10.6. The smallest absolute Gasteiger partial charge is 0.286 e. The monoisotopic (exact) mass is 266 g/mol. The predicted molar refractivity (Wildman–Crippen MR) is 67.4 cm³/mol. The van der Waals surface area contributed by atoms with Gasteiger partial charge in [0.25, 0.3) is 5.91 Å². The molecule has 0 aromatic carbocycles. The molecular weight excluding hydrogens is 248 g/mol. The summed E-state index contributed by atoms with van der Waals surface area (Å²) < 4.78 is 4.93. The van der Waals surface area contributed by atoms with Gasteiger partial charge >= 0.3 is 0 Å². The average Bonchev–Trinajstić information content (AvgIpc) is 2.87. The first kappa shape index (κ1) is 13.6. The van der Waals surface area contributed by atoms with Gasteiger partial charge in [-0.25, -0.2) is 0 Å². The van der Waals surface area contributed by atoms with Crippen LogP contribution in [-0.2, 0) is 4.79 Å². The van der Waals surface area contributed by atoms with Crippen molar-refractivity contribution in [2.24, 2.45) is 5.92 Å². The lowest BCUT2D eigenvalue weighted by molar-refractivity contribution is -0.121. The van der Waals surface area contributed by atoms with Crippen molar-refractivity contribution in [2.45, 2.75) is 25.4 Å². The maximum Gasteiger partial charge on any atom is 0.286 e. The van der Waals surface area contributed by atoms with Crippen molar-refractivity contribution in [3.05, 3.63) is 24.2 Å². The van der Waals surface area contributed by atoms with Crippen molar-refractivity contribution >= 4 is 11.8 Å².